The summed E-state index contributed by atoms with van der Waals surface area (Å²) in [6.07, 6.45) is 11.2. The van der Waals surface area contributed by atoms with E-state index in [1.54, 1.807) is 0 Å². The Morgan fingerprint density at radius 3 is 1.98 bits per heavy atom. The van der Waals surface area contributed by atoms with Crippen molar-refractivity contribution in [2.45, 2.75) is 20.0 Å². The monoisotopic (exact) mass is 836 g/mol. The Hall–Kier alpha value is -8.48. The normalized spacial score (nSPS) is 13.0. The van der Waals surface area contributed by atoms with Gasteiger partial charge in [0.2, 0.25) is 0 Å². The van der Waals surface area contributed by atoms with E-state index in [1.807, 2.05) is 49.4 Å². The fourth-order valence-electron chi connectivity index (χ4n) is 9.26. The molecule has 1 aliphatic carbocycles. The topological polar surface area (TPSA) is 60.4 Å². The SMILES string of the molecule is C=NC1=C(/C(=N\Cn2cc(/C=C\C=C/C)c3ccc(-c4ccc5c(c4)c4ccccc4n5-c4ccccc4)cc32)c2nc(-c3ccccc3)cc(-c3ccccc3)n2)Cc2ccccc21. The first-order valence-corrected chi connectivity index (χ1v) is 22.0. The molecule has 310 valence electrons. The largest absolute Gasteiger partial charge is 0.327 e. The fourth-order valence-corrected chi connectivity index (χ4v) is 9.26. The Morgan fingerprint density at radius 2 is 1.25 bits per heavy atom. The second kappa shape index (κ2) is 17.0. The molecule has 0 aliphatic heterocycles. The third-order valence-electron chi connectivity index (χ3n) is 12.3. The highest BCUT2D eigenvalue weighted by Crippen LogP contribution is 2.38. The van der Waals surface area contributed by atoms with Crippen LogP contribution in [0, 0.1) is 0 Å². The summed E-state index contributed by atoms with van der Waals surface area (Å²) in [6.45, 7) is 6.42. The van der Waals surface area contributed by atoms with Crippen LogP contribution in [0.1, 0.15) is 29.4 Å². The smallest absolute Gasteiger partial charge is 0.179 e. The standard InChI is InChI=1S/C59H44N6/c1-3-4-8-24-45-38-64(56-36-43(30-32-47(45)56)42-31-33-55-50(34-42)49-28-17-18-29-54(49)65(55)46-25-13-7-14-26-46)39-61-58(51-35-44-23-15-16-27-48(44)57(51)60-2)59-62-52(40-19-9-5-10-20-40)37-53(63-59)41-21-11-6-12-22-41/h3-34,36-38H,2,35,39H2,1H3/b4-3-,24-8-,61-58+. The Labute approximate surface area is 378 Å². The quantitative estimate of drug-likeness (QED) is 0.0962. The number of rotatable bonds is 11. The molecule has 1 aliphatic rings. The van der Waals surface area contributed by atoms with Crippen molar-refractivity contribution in [1.29, 1.82) is 0 Å². The van der Waals surface area contributed by atoms with Gasteiger partial charge in [-0.3, -0.25) is 9.98 Å². The summed E-state index contributed by atoms with van der Waals surface area (Å²) >= 11 is 0. The lowest BCUT2D eigenvalue weighted by molar-refractivity contribution is 0.764. The van der Waals surface area contributed by atoms with E-state index in [9.17, 15) is 0 Å². The van der Waals surface area contributed by atoms with Gasteiger partial charge in [0.15, 0.2) is 5.82 Å². The van der Waals surface area contributed by atoms with E-state index in [0.29, 0.717) is 24.6 Å². The van der Waals surface area contributed by atoms with Crippen molar-refractivity contribution in [3.63, 3.8) is 0 Å². The van der Waals surface area contributed by atoms with Crippen LogP contribution in [0.3, 0.4) is 0 Å². The molecule has 6 heteroatoms. The third kappa shape index (κ3) is 7.31. The number of fused-ring (bicyclic) bond motifs is 5. The average Bonchev–Trinajstić information content (AvgIpc) is 4.03. The van der Waals surface area contributed by atoms with E-state index >= 15 is 0 Å². The van der Waals surface area contributed by atoms with Gasteiger partial charge in [-0.2, -0.15) is 0 Å². The van der Waals surface area contributed by atoms with Crippen molar-refractivity contribution in [1.82, 2.24) is 19.1 Å². The van der Waals surface area contributed by atoms with Gasteiger partial charge in [0, 0.05) is 62.3 Å². The number of nitrogens with zero attached hydrogens (tertiary/aromatic N) is 6. The maximum absolute atomic E-state index is 5.53. The third-order valence-corrected chi connectivity index (χ3v) is 12.3. The zero-order chi connectivity index (χ0) is 43.7. The summed E-state index contributed by atoms with van der Waals surface area (Å²) in [5.74, 6) is 0.544. The Balaban J connectivity index is 1.08. The molecule has 3 aromatic heterocycles. The molecule has 0 bridgehead atoms. The lowest BCUT2D eigenvalue weighted by Crippen LogP contribution is -2.14. The number of benzene rings is 7. The first-order chi connectivity index (χ1) is 32.1. The minimum absolute atomic E-state index is 0.320. The molecule has 0 spiro atoms. The molecule has 0 fully saturated rings. The van der Waals surface area contributed by atoms with Crippen LogP contribution in [-0.2, 0) is 13.1 Å². The van der Waals surface area contributed by atoms with Crippen molar-refractivity contribution >= 4 is 56.9 Å². The van der Waals surface area contributed by atoms with Crippen LogP contribution in [-0.4, -0.2) is 31.5 Å². The van der Waals surface area contributed by atoms with Gasteiger partial charge < -0.3 is 9.13 Å². The van der Waals surface area contributed by atoms with Gasteiger partial charge in [0.25, 0.3) is 0 Å². The van der Waals surface area contributed by atoms with Crippen LogP contribution in [0.2, 0.25) is 0 Å². The van der Waals surface area contributed by atoms with Gasteiger partial charge in [-0.25, -0.2) is 9.97 Å². The summed E-state index contributed by atoms with van der Waals surface area (Å²) in [6, 6.07) is 63.9. The van der Waals surface area contributed by atoms with Crippen LogP contribution in [0.15, 0.2) is 222 Å². The molecule has 0 amide bonds. The van der Waals surface area contributed by atoms with Crippen molar-refractivity contribution in [3.05, 3.63) is 235 Å². The minimum atomic E-state index is 0.320. The molecule has 0 saturated heterocycles. The number of hydrogen-bond acceptors (Lipinski definition) is 4. The van der Waals surface area contributed by atoms with Gasteiger partial charge in [0.1, 0.15) is 12.4 Å². The molecule has 7 aromatic carbocycles. The molecule has 0 atom stereocenters. The summed E-state index contributed by atoms with van der Waals surface area (Å²) in [7, 11) is 0. The van der Waals surface area contributed by atoms with Gasteiger partial charge in [-0.15, -0.1) is 0 Å². The minimum Gasteiger partial charge on any atom is -0.327 e. The molecule has 3 heterocycles. The lowest BCUT2D eigenvalue weighted by Gasteiger charge is -2.13. The highest BCUT2D eigenvalue weighted by Gasteiger charge is 2.27. The molecule has 11 rings (SSSR count). The zero-order valence-corrected chi connectivity index (χ0v) is 36.0. The summed E-state index contributed by atoms with van der Waals surface area (Å²) in [5, 5.41) is 3.58. The molecule has 0 radical (unpaired) electrons. The van der Waals surface area contributed by atoms with E-state index in [0.717, 1.165) is 72.6 Å². The van der Waals surface area contributed by atoms with Crippen LogP contribution < -0.4 is 0 Å². The van der Waals surface area contributed by atoms with Gasteiger partial charge in [0.05, 0.1) is 33.6 Å². The van der Waals surface area contributed by atoms with E-state index in [1.165, 1.54) is 27.4 Å². The highest BCUT2D eigenvalue weighted by molar-refractivity contribution is 6.17. The molecular weight excluding hydrogens is 793 g/mol. The number of hydrogen-bond donors (Lipinski definition) is 0. The Bertz CT molecular complexity index is 3490. The van der Waals surface area contributed by atoms with Crippen molar-refractivity contribution in [2.24, 2.45) is 9.98 Å². The molecule has 0 N–H and O–H groups in total. The zero-order valence-electron chi connectivity index (χ0n) is 36.0. The predicted molar refractivity (Wildman–Crippen MR) is 272 cm³/mol. The Morgan fingerprint density at radius 1 is 0.600 bits per heavy atom. The average molecular weight is 837 g/mol. The molecule has 65 heavy (non-hydrogen) atoms. The van der Waals surface area contributed by atoms with E-state index in [4.69, 9.17) is 15.0 Å². The van der Waals surface area contributed by atoms with Crippen molar-refractivity contribution in [3.8, 4) is 39.3 Å². The summed E-state index contributed by atoms with van der Waals surface area (Å²) < 4.78 is 4.60. The van der Waals surface area contributed by atoms with E-state index < -0.39 is 0 Å². The first-order valence-electron chi connectivity index (χ1n) is 22.0. The number of allylic oxidation sites excluding steroid dienone is 4. The van der Waals surface area contributed by atoms with Gasteiger partial charge >= 0.3 is 0 Å². The summed E-state index contributed by atoms with van der Waals surface area (Å²) in [4.78, 5) is 20.8. The van der Waals surface area contributed by atoms with E-state index in [2.05, 4.69) is 191 Å². The second-order valence-corrected chi connectivity index (χ2v) is 16.3. The lowest BCUT2D eigenvalue weighted by atomic mass is 10.0. The maximum atomic E-state index is 5.53. The Kier molecular flexibility index (Phi) is 10.3. The fraction of sp³-hybridized carbons (Fsp3) is 0.0508. The number of aromatic nitrogens is 4. The maximum Gasteiger partial charge on any atom is 0.179 e. The van der Waals surface area contributed by atoms with E-state index in [-0.39, 0.29) is 0 Å². The van der Waals surface area contributed by atoms with Crippen LogP contribution in [0.5, 0.6) is 0 Å². The second-order valence-electron chi connectivity index (χ2n) is 16.3. The van der Waals surface area contributed by atoms with Gasteiger partial charge in [-0.05, 0) is 72.8 Å². The van der Waals surface area contributed by atoms with Crippen LogP contribution >= 0.6 is 0 Å². The van der Waals surface area contributed by atoms with Crippen molar-refractivity contribution in [2.75, 3.05) is 0 Å². The first kappa shape index (κ1) is 39.4. The molecule has 0 saturated carbocycles. The highest BCUT2D eigenvalue weighted by atomic mass is 15.1. The molecular formula is C59H44N6. The van der Waals surface area contributed by atoms with Gasteiger partial charge in [-0.1, -0.05) is 164 Å². The summed E-state index contributed by atoms with van der Waals surface area (Å²) in [5.41, 5.74) is 16.3. The molecule has 0 unspecified atom stereocenters. The molecule has 10 aromatic rings. The number of aliphatic imine (C=N–C) groups is 2. The predicted octanol–water partition coefficient (Wildman–Crippen LogP) is 14.2. The number of para-hydroxylation sites is 2. The van der Waals surface area contributed by atoms with Crippen LogP contribution in [0.4, 0.5) is 0 Å². The van der Waals surface area contributed by atoms with Crippen LogP contribution in [0.25, 0.3) is 83.8 Å². The van der Waals surface area contributed by atoms with Crippen molar-refractivity contribution < 1.29 is 0 Å². The molecule has 6 nitrogen and oxygen atoms in total.